The van der Waals surface area contributed by atoms with Crippen LogP contribution in [0.3, 0.4) is 0 Å². The molecule has 0 aromatic carbocycles. The maximum atomic E-state index is 12.2. The second kappa shape index (κ2) is 4.59. The lowest BCUT2D eigenvalue weighted by molar-refractivity contribution is -0.116. The Kier molecular flexibility index (Phi) is 3.10. The van der Waals surface area contributed by atoms with Crippen molar-refractivity contribution in [1.82, 2.24) is 0 Å². The highest BCUT2D eigenvalue weighted by molar-refractivity contribution is 5.95. The monoisotopic (exact) mass is 232 g/mol. The lowest BCUT2D eigenvalue weighted by atomic mass is 9.74. The molecule has 0 amide bonds. The maximum absolute atomic E-state index is 12.2. The van der Waals surface area contributed by atoms with Crippen molar-refractivity contribution in [3.05, 3.63) is 11.6 Å². The van der Waals surface area contributed by atoms with Crippen LogP contribution in [0.25, 0.3) is 0 Å². The summed E-state index contributed by atoms with van der Waals surface area (Å²) in [5.74, 6) is 1.37. The predicted octanol–water partition coefficient (Wildman–Crippen LogP) is 4.42. The summed E-state index contributed by atoms with van der Waals surface area (Å²) >= 11 is 0. The number of ketones is 1. The lowest BCUT2D eigenvalue weighted by Crippen LogP contribution is -2.20. The Labute approximate surface area is 105 Å². The summed E-state index contributed by atoms with van der Waals surface area (Å²) in [4.78, 5) is 12.2. The fourth-order valence-electron chi connectivity index (χ4n) is 3.74. The standard InChI is InChI=1S/C16H24O/c17-15(8-7-13-5-6-13)14-4-3-11-16(12-14)9-1-2-10-16/h12-13H,1-11H2. The van der Waals surface area contributed by atoms with E-state index in [1.165, 1.54) is 56.9 Å². The van der Waals surface area contributed by atoms with Gasteiger partial charge in [-0.1, -0.05) is 31.8 Å². The summed E-state index contributed by atoms with van der Waals surface area (Å²) < 4.78 is 0. The Morgan fingerprint density at radius 2 is 1.88 bits per heavy atom. The molecule has 3 rings (SSSR count). The van der Waals surface area contributed by atoms with Crippen LogP contribution in [0.1, 0.15) is 70.6 Å². The Morgan fingerprint density at radius 1 is 1.18 bits per heavy atom. The van der Waals surface area contributed by atoms with E-state index in [9.17, 15) is 4.79 Å². The fraction of sp³-hybridized carbons (Fsp3) is 0.812. The first-order valence-electron chi connectivity index (χ1n) is 7.52. The van der Waals surface area contributed by atoms with Gasteiger partial charge in [0.25, 0.3) is 0 Å². The summed E-state index contributed by atoms with van der Waals surface area (Å²) in [6, 6.07) is 0. The number of rotatable bonds is 4. The molecule has 0 N–H and O–H groups in total. The summed E-state index contributed by atoms with van der Waals surface area (Å²) in [5.41, 5.74) is 1.64. The quantitative estimate of drug-likeness (QED) is 0.701. The highest BCUT2D eigenvalue weighted by Crippen LogP contribution is 2.47. The van der Waals surface area contributed by atoms with Gasteiger partial charge in [-0.3, -0.25) is 4.79 Å². The molecule has 1 nitrogen and oxygen atoms in total. The van der Waals surface area contributed by atoms with Gasteiger partial charge in [-0.15, -0.1) is 0 Å². The molecule has 94 valence electrons. The number of carbonyl (C=O) groups excluding carboxylic acids is 1. The average Bonchev–Trinajstić information content (AvgIpc) is 3.08. The van der Waals surface area contributed by atoms with E-state index in [4.69, 9.17) is 0 Å². The zero-order chi connectivity index (χ0) is 11.7. The van der Waals surface area contributed by atoms with Crippen molar-refractivity contribution in [3.63, 3.8) is 0 Å². The van der Waals surface area contributed by atoms with Crippen LogP contribution in [0.2, 0.25) is 0 Å². The van der Waals surface area contributed by atoms with Crippen molar-refractivity contribution in [2.24, 2.45) is 11.3 Å². The number of allylic oxidation sites excluding steroid dienone is 2. The highest BCUT2D eigenvalue weighted by Gasteiger charge is 2.35. The lowest BCUT2D eigenvalue weighted by Gasteiger charge is -2.30. The summed E-state index contributed by atoms with van der Waals surface area (Å²) in [5, 5.41) is 0. The minimum absolute atomic E-state index is 0.447. The van der Waals surface area contributed by atoms with Gasteiger partial charge in [0.2, 0.25) is 0 Å². The number of hydrogen-bond acceptors (Lipinski definition) is 1. The first-order valence-corrected chi connectivity index (χ1v) is 7.52. The first kappa shape index (κ1) is 11.5. The van der Waals surface area contributed by atoms with E-state index < -0.39 is 0 Å². The predicted molar refractivity (Wildman–Crippen MR) is 69.8 cm³/mol. The summed E-state index contributed by atoms with van der Waals surface area (Å²) in [7, 11) is 0. The second-order valence-corrected chi connectivity index (χ2v) is 6.50. The molecule has 1 heteroatoms. The maximum Gasteiger partial charge on any atom is 0.158 e. The Morgan fingerprint density at radius 3 is 2.59 bits per heavy atom. The van der Waals surface area contributed by atoms with Crippen molar-refractivity contribution in [2.75, 3.05) is 0 Å². The van der Waals surface area contributed by atoms with Crippen LogP contribution in [0.4, 0.5) is 0 Å². The van der Waals surface area contributed by atoms with E-state index in [0.29, 0.717) is 11.2 Å². The van der Waals surface area contributed by atoms with Gasteiger partial charge >= 0.3 is 0 Å². The zero-order valence-electron chi connectivity index (χ0n) is 10.8. The van der Waals surface area contributed by atoms with Gasteiger partial charge in [0.05, 0.1) is 0 Å². The molecular formula is C16H24O. The molecule has 0 bridgehead atoms. The molecule has 0 atom stereocenters. The zero-order valence-corrected chi connectivity index (χ0v) is 10.8. The normalized spacial score (nSPS) is 27.2. The SMILES string of the molecule is O=C(CCC1CC1)C1=CC2(CCCC2)CCC1. The van der Waals surface area contributed by atoms with E-state index in [-0.39, 0.29) is 0 Å². The highest BCUT2D eigenvalue weighted by atomic mass is 16.1. The molecule has 0 saturated heterocycles. The minimum atomic E-state index is 0.447. The van der Waals surface area contributed by atoms with Gasteiger partial charge in [-0.05, 0) is 55.4 Å². The van der Waals surface area contributed by atoms with Crippen LogP contribution >= 0.6 is 0 Å². The third kappa shape index (κ3) is 2.64. The van der Waals surface area contributed by atoms with Gasteiger partial charge in [-0.2, -0.15) is 0 Å². The van der Waals surface area contributed by atoms with Gasteiger partial charge in [0, 0.05) is 6.42 Å². The van der Waals surface area contributed by atoms with Crippen LogP contribution in [-0.4, -0.2) is 5.78 Å². The first-order chi connectivity index (χ1) is 8.27. The van der Waals surface area contributed by atoms with E-state index in [0.717, 1.165) is 25.2 Å². The Bertz CT molecular complexity index is 329. The van der Waals surface area contributed by atoms with E-state index in [2.05, 4.69) is 6.08 Å². The third-order valence-electron chi connectivity index (χ3n) is 5.04. The van der Waals surface area contributed by atoms with Crippen molar-refractivity contribution < 1.29 is 4.79 Å². The third-order valence-corrected chi connectivity index (χ3v) is 5.04. The Balaban J connectivity index is 1.63. The van der Waals surface area contributed by atoms with Crippen molar-refractivity contribution in [2.45, 2.75) is 70.6 Å². The number of carbonyl (C=O) groups is 1. The van der Waals surface area contributed by atoms with E-state index >= 15 is 0 Å². The molecule has 0 aromatic rings. The molecule has 0 unspecified atom stereocenters. The molecule has 17 heavy (non-hydrogen) atoms. The topological polar surface area (TPSA) is 17.1 Å². The molecule has 1 spiro atoms. The van der Waals surface area contributed by atoms with E-state index in [1.807, 2.05) is 0 Å². The largest absolute Gasteiger partial charge is 0.295 e. The van der Waals surface area contributed by atoms with Gasteiger partial charge in [0.1, 0.15) is 0 Å². The number of Topliss-reactive ketones (excluding diaryl/α,β-unsaturated/α-hetero) is 1. The van der Waals surface area contributed by atoms with Crippen LogP contribution in [0.5, 0.6) is 0 Å². The van der Waals surface area contributed by atoms with Crippen molar-refractivity contribution >= 4 is 5.78 Å². The van der Waals surface area contributed by atoms with Gasteiger partial charge in [-0.25, -0.2) is 0 Å². The minimum Gasteiger partial charge on any atom is -0.295 e. The van der Waals surface area contributed by atoms with Gasteiger partial charge < -0.3 is 0 Å². The Hall–Kier alpha value is -0.590. The van der Waals surface area contributed by atoms with Crippen molar-refractivity contribution in [3.8, 4) is 0 Å². The van der Waals surface area contributed by atoms with Gasteiger partial charge in [0.15, 0.2) is 5.78 Å². The van der Waals surface area contributed by atoms with Crippen LogP contribution in [0, 0.1) is 11.3 Å². The molecule has 2 saturated carbocycles. The smallest absolute Gasteiger partial charge is 0.158 e. The summed E-state index contributed by atoms with van der Waals surface area (Å²) in [6.45, 7) is 0. The molecule has 3 aliphatic carbocycles. The van der Waals surface area contributed by atoms with Crippen LogP contribution in [-0.2, 0) is 4.79 Å². The fourth-order valence-corrected chi connectivity index (χ4v) is 3.74. The molecule has 3 aliphatic rings. The molecule has 0 radical (unpaired) electrons. The second-order valence-electron chi connectivity index (χ2n) is 6.50. The van der Waals surface area contributed by atoms with Crippen molar-refractivity contribution in [1.29, 1.82) is 0 Å². The van der Waals surface area contributed by atoms with Crippen LogP contribution in [0.15, 0.2) is 11.6 Å². The average molecular weight is 232 g/mol. The number of hydrogen-bond donors (Lipinski definition) is 0. The molecule has 0 aliphatic heterocycles. The molecule has 0 aromatic heterocycles. The summed E-state index contributed by atoms with van der Waals surface area (Å²) in [6.07, 6.45) is 16.2. The van der Waals surface area contributed by atoms with E-state index in [1.54, 1.807) is 0 Å². The molecule has 0 heterocycles. The molecule has 2 fully saturated rings. The van der Waals surface area contributed by atoms with Crippen LogP contribution < -0.4 is 0 Å². The molecular weight excluding hydrogens is 208 g/mol.